The lowest BCUT2D eigenvalue weighted by Crippen LogP contribution is -2.29. The van der Waals surface area contributed by atoms with Gasteiger partial charge in [0.1, 0.15) is 5.82 Å². The molecular formula is C21H13FN2O3. The fraction of sp³-hybridized carbons (Fsp3) is 0. The fourth-order valence-corrected chi connectivity index (χ4v) is 2.94. The predicted octanol–water partition coefficient (Wildman–Crippen LogP) is 3.88. The van der Waals surface area contributed by atoms with Gasteiger partial charge < -0.3 is 5.32 Å². The van der Waals surface area contributed by atoms with Gasteiger partial charge in [-0.3, -0.25) is 14.4 Å². The van der Waals surface area contributed by atoms with E-state index in [9.17, 15) is 18.8 Å². The maximum absolute atomic E-state index is 13.7. The SMILES string of the molecule is O=C(Nc1ccccc1F)c1ccc(N2C(=O)c3ccccc3C2=O)cc1. The number of hydrogen-bond acceptors (Lipinski definition) is 3. The van der Waals surface area contributed by atoms with E-state index in [0.29, 0.717) is 16.8 Å². The Bertz CT molecular complexity index is 1040. The summed E-state index contributed by atoms with van der Waals surface area (Å²) in [5.41, 5.74) is 1.42. The molecule has 0 bridgehead atoms. The smallest absolute Gasteiger partial charge is 0.266 e. The van der Waals surface area contributed by atoms with E-state index in [4.69, 9.17) is 0 Å². The minimum absolute atomic E-state index is 0.0759. The maximum atomic E-state index is 13.7. The molecule has 1 aliphatic rings. The highest BCUT2D eigenvalue weighted by molar-refractivity contribution is 6.34. The van der Waals surface area contributed by atoms with E-state index in [0.717, 1.165) is 4.90 Å². The summed E-state index contributed by atoms with van der Waals surface area (Å²) in [5, 5.41) is 2.49. The second-order valence-corrected chi connectivity index (χ2v) is 5.97. The molecule has 0 radical (unpaired) electrons. The molecule has 0 aromatic heterocycles. The van der Waals surface area contributed by atoms with Crippen LogP contribution in [0.25, 0.3) is 0 Å². The van der Waals surface area contributed by atoms with Crippen LogP contribution in [0.15, 0.2) is 72.8 Å². The standard InChI is InChI=1S/C21H13FN2O3/c22-17-7-3-4-8-18(17)23-19(25)13-9-11-14(12-10-13)24-20(26)15-5-1-2-6-16(15)21(24)27/h1-12H,(H,23,25). The zero-order valence-electron chi connectivity index (χ0n) is 14.0. The summed E-state index contributed by atoms with van der Waals surface area (Å²) >= 11 is 0. The molecule has 3 aromatic rings. The molecule has 1 N–H and O–H groups in total. The molecule has 0 aliphatic carbocycles. The number of para-hydroxylation sites is 1. The number of anilines is 2. The van der Waals surface area contributed by atoms with Crippen LogP contribution in [0.4, 0.5) is 15.8 Å². The van der Waals surface area contributed by atoms with Crippen LogP contribution in [0.1, 0.15) is 31.1 Å². The van der Waals surface area contributed by atoms with Gasteiger partial charge in [-0.15, -0.1) is 0 Å². The Morgan fingerprint density at radius 2 is 1.33 bits per heavy atom. The van der Waals surface area contributed by atoms with Gasteiger partial charge in [0.05, 0.1) is 22.5 Å². The molecule has 0 saturated heterocycles. The third kappa shape index (κ3) is 2.87. The van der Waals surface area contributed by atoms with Crippen molar-refractivity contribution in [3.8, 4) is 0 Å². The van der Waals surface area contributed by atoms with Crippen LogP contribution in [0.5, 0.6) is 0 Å². The monoisotopic (exact) mass is 360 g/mol. The largest absolute Gasteiger partial charge is 0.319 e. The number of amides is 3. The van der Waals surface area contributed by atoms with Gasteiger partial charge in [0, 0.05) is 5.56 Å². The van der Waals surface area contributed by atoms with E-state index in [2.05, 4.69) is 5.32 Å². The van der Waals surface area contributed by atoms with Crippen LogP contribution < -0.4 is 10.2 Å². The third-order valence-electron chi connectivity index (χ3n) is 4.30. The molecule has 6 heteroatoms. The fourth-order valence-electron chi connectivity index (χ4n) is 2.94. The van der Waals surface area contributed by atoms with Gasteiger partial charge in [-0.1, -0.05) is 24.3 Å². The van der Waals surface area contributed by atoms with E-state index in [1.54, 1.807) is 30.3 Å². The molecule has 0 unspecified atom stereocenters. The van der Waals surface area contributed by atoms with Crippen molar-refractivity contribution < 1.29 is 18.8 Å². The topological polar surface area (TPSA) is 66.5 Å². The summed E-state index contributed by atoms with van der Waals surface area (Å²) in [4.78, 5) is 38.3. The van der Waals surface area contributed by atoms with Gasteiger partial charge in [-0.05, 0) is 48.5 Å². The Hall–Kier alpha value is -3.80. The molecule has 132 valence electrons. The molecule has 4 rings (SSSR count). The number of benzene rings is 3. The van der Waals surface area contributed by atoms with Crippen LogP contribution in [0.2, 0.25) is 0 Å². The lowest BCUT2D eigenvalue weighted by atomic mass is 10.1. The summed E-state index contributed by atoms with van der Waals surface area (Å²) in [6.07, 6.45) is 0. The molecule has 27 heavy (non-hydrogen) atoms. The third-order valence-corrected chi connectivity index (χ3v) is 4.30. The highest BCUT2D eigenvalue weighted by atomic mass is 19.1. The Kier molecular flexibility index (Phi) is 4.01. The summed E-state index contributed by atoms with van der Waals surface area (Å²) in [6, 6.07) is 18.4. The predicted molar refractivity (Wildman–Crippen MR) is 98.4 cm³/mol. The van der Waals surface area contributed by atoms with Crippen molar-refractivity contribution in [1.82, 2.24) is 0 Å². The zero-order valence-corrected chi connectivity index (χ0v) is 14.0. The van der Waals surface area contributed by atoms with Crippen molar-refractivity contribution in [2.45, 2.75) is 0 Å². The minimum Gasteiger partial charge on any atom is -0.319 e. The first-order valence-electron chi connectivity index (χ1n) is 8.20. The van der Waals surface area contributed by atoms with E-state index < -0.39 is 23.5 Å². The normalized spacial score (nSPS) is 12.9. The van der Waals surface area contributed by atoms with E-state index in [-0.39, 0.29) is 11.3 Å². The van der Waals surface area contributed by atoms with Gasteiger partial charge in [0.15, 0.2) is 0 Å². The number of carbonyl (C=O) groups is 3. The van der Waals surface area contributed by atoms with Gasteiger partial charge in [-0.25, -0.2) is 9.29 Å². The summed E-state index contributed by atoms with van der Waals surface area (Å²) in [7, 11) is 0. The minimum atomic E-state index is -0.534. The van der Waals surface area contributed by atoms with Crippen LogP contribution >= 0.6 is 0 Å². The van der Waals surface area contributed by atoms with Crippen molar-refractivity contribution in [2.75, 3.05) is 10.2 Å². The highest BCUT2D eigenvalue weighted by Gasteiger charge is 2.36. The molecule has 0 fully saturated rings. The Morgan fingerprint density at radius 1 is 0.778 bits per heavy atom. The van der Waals surface area contributed by atoms with Gasteiger partial charge in [0.25, 0.3) is 17.7 Å². The molecule has 1 aliphatic heterocycles. The first kappa shape index (κ1) is 16.7. The average molecular weight is 360 g/mol. The second-order valence-electron chi connectivity index (χ2n) is 5.97. The number of rotatable bonds is 3. The van der Waals surface area contributed by atoms with Gasteiger partial charge in [0.2, 0.25) is 0 Å². The molecule has 0 atom stereocenters. The molecule has 5 nitrogen and oxygen atoms in total. The first-order valence-corrected chi connectivity index (χ1v) is 8.20. The van der Waals surface area contributed by atoms with E-state index in [1.165, 1.54) is 42.5 Å². The number of halogens is 1. The van der Waals surface area contributed by atoms with E-state index in [1.807, 2.05) is 0 Å². The molecule has 0 saturated carbocycles. The Morgan fingerprint density at radius 3 is 1.93 bits per heavy atom. The summed E-state index contributed by atoms with van der Waals surface area (Å²) < 4.78 is 13.7. The molecule has 3 aromatic carbocycles. The Balaban J connectivity index is 1.57. The van der Waals surface area contributed by atoms with Crippen molar-refractivity contribution in [1.29, 1.82) is 0 Å². The number of nitrogens with zero attached hydrogens (tertiary/aromatic N) is 1. The molecule has 1 heterocycles. The highest BCUT2D eigenvalue weighted by Crippen LogP contribution is 2.28. The van der Waals surface area contributed by atoms with Crippen molar-refractivity contribution in [3.05, 3.63) is 95.3 Å². The summed E-state index contributed by atoms with van der Waals surface area (Å²) in [5.74, 6) is -1.83. The van der Waals surface area contributed by atoms with Crippen LogP contribution in [0.3, 0.4) is 0 Å². The van der Waals surface area contributed by atoms with Gasteiger partial charge >= 0.3 is 0 Å². The lowest BCUT2D eigenvalue weighted by Gasteiger charge is -2.14. The molecule has 0 spiro atoms. The number of imide groups is 1. The number of carbonyl (C=O) groups excluding carboxylic acids is 3. The molecule has 3 amide bonds. The van der Waals surface area contributed by atoms with E-state index >= 15 is 0 Å². The number of nitrogens with one attached hydrogen (secondary N) is 1. The molecular weight excluding hydrogens is 347 g/mol. The van der Waals surface area contributed by atoms with Crippen molar-refractivity contribution in [3.63, 3.8) is 0 Å². The number of hydrogen-bond donors (Lipinski definition) is 1. The second kappa shape index (κ2) is 6.49. The maximum Gasteiger partial charge on any atom is 0.266 e. The van der Waals surface area contributed by atoms with Crippen molar-refractivity contribution in [2.24, 2.45) is 0 Å². The summed E-state index contributed by atoms with van der Waals surface area (Å²) in [6.45, 7) is 0. The average Bonchev–Trinajstić information content (AvgIpc) is 2.95. The van der Waals surface area contributed by atoms with Gasteiger partial charge in [-0.2, -0.15) is 0 Å². The van der Waals surface area contributed by atoms with Crippen LogP contribution in [-0.4, -0.2) is 17.7 Å². The Labute approximate surface area is 154 Å². The zero-order chi connectivity index (χ0) is 19.0. The van der Waals surface area contributed by atoms with Crippen LogP contribution in [0, 0.1) is 5.82 Å². The van der Waals surface area contributed by atoms with Crippen LogP contribution in [-0.2, 0) is 0 Å². The van der Waals surface area contributed by atoms with Crippen molar-refractivity contribution >= 4 is 29.1 Å². The lowest BCUT2D eigenvalue weighted by molar-refractivity contribution is 0.0925. The number of fused-ring (bicyclic) bond motifs is 1. The quantitative estimate of drug-likeness (QED) is 0.721. The first-order chi connectivity index (χ1) is 13.1.